The Balaban J connectivity index is 1.26. The summed E-state index contributed by atoms with van der Waals surface area (Å²) in [5.41, 5.74) is 2.66. The van der Waals surface area contributed by atoms with Gasteiger partial charge in [0.15, 0.2) is 0 Å². The number of benzene rings is 2. The standard InChI is InChI=1S/C23H23F2N3O2/c24-18-7-4-16(5-8-18)6-9-23(29)28-11-10-17(14-28)22-13-20(26-27-22)15-30-21-3-1-2-19(25)12-21/h1-5,7-8,12-13,17H,6,9-11,14-15H2,(H,26,27)/t17-/m0/s1. The molecule has 30 heavy (non-hydrogen) atoms. The number of amides is 1. The topological polar surface area (TPSA) is 58.2 Å². The third kappa shape index (κ3) is 5.03. The second-order valence-corrected chi connectivity index (χ2v) is 7.52. The molecular weight excluding hydrogens is 388 g/mol. The highest BCUT2D eigenvalue weighted by atomic mass is 19.1. The third-order valence-corrected chi connectivity index (χ3v) is 5.34. The maximum absolute atomic E-state index is 13.2. The third-order valence-electron chi connectivity index (χ3n) is 5.34. The number of aryl methyl sites for hydroxylation is 1. The van der Waals surface area contributed by atoms with Crippen molar-refractivity contribution in [3.8, 4) is 5.75 Å². The molecule has 0 aliphatic carbocycles. The number of aromatic amines is 1. The average Bonchev–Trinajstić information content (AvgIpc) is 3.41. The molecule has 1 N–H and O–H groups in total. The van der Waals surface area contributed by atoms with E-state index in [9.17, 15) is 13.6 Å². The highest BCUT2D eigenvalue weighted by Gasteiger charge is 2.28. The van der Waals surface area contributed by atoms with Crippen LogP contribution < -0.4 is 4.74 Å². The summed E-state index contributed by atoms with van der Waals surface area (Å²) in [5, 5.41) is 7.33. The molecule has 3 aromatic rings. The minimum absolute atomic E-state index is 0.104. The predicted octanol–water partition coefficient (Wildman–Crippen LogP) is 4.22. The Morgan fingerprint density at radius 1 is 1.13 bits per heavy atom. The van der Waals surface area contributed by atoms with Crippen LogP contribution in [0.5, 0.6) is 5.75 Å². The zero-order valence-electron chi connectivity index (χ0n) is 16.5. The minimum atomic E-state index is -0.340. The van der Waals surface area contributed by atoms with Gasteiger partial charge in [-0.25, -0.2) is 8.78 Å². The number of rotatable bonds is 7. The zero-order chi connectivity index (χ0) is 20.9. The number of halogens is 2. The summed E-state index contributed by atoms with van der Waals surface area (Å²) < 4.78 is 31.8. The van der Waals surface area contributed by atoms with E-state index < -0.39 is 0 Å². The number of H-pyrrole nitrogens is 1. The molecule has 0 bridgehead atoms. The number of aromatic nitrogens is 2. The van der Waals surface area contributed by atoms with Crippen molar-refractivity contribution in [2.45, 2.75) is 31.8 Å². The van der Waals surface area contributed by atoms with Crippen LogP contribution in [0, 0.1) is 11.6 Å². The Hall–Kier alpha value is -3.22. The van der Waals surface area contributed by atoms with Crippen LogP contribution in [0.2, 0.25) is 0 Å². The lowest BCUT2D eigenvalue weighted by Gasteiger charge is -2.16. The van der Waals surface area contributed by atoms with Gasteiger partial charge in [-0.2, -0.15) is 5.10 Å². The molecule has 1 fully saturated rings. The summed E-state index contributed by atoms with van der Waals surface area (Å²) in [5.74, 6) is 0.135. The fourth-order valence-electron chi connectivity index (χ4n) is 3.67. The van der Waals surface area contributed by atoms with E-state index in [0.29, 0.717) is 31.7 Å². The molecule has 2 heterocycles. The van der Waals surface area contributed by atoms with Crippen molar-refractivity contribution >= 4 is 5.91 Å². The van der Waals surface area contributed by atoms with Crippen molar-refractivity contribution < 1.29 is 18.3 Å². The molecule has 1 aromatic heterocycles. The molecule has 1 saturated heterocycles. The molecule has 0 spiro atoms. The highest BCUT2D eigenvalue weighted by Crippen LogP contribution is 2.27. The molecule has 0 radical (unpaired) electrons. The number of nitrogens with zero attached hydrogens (tertiary/aromatic N) is 2. The number of nitrogens with one attached hydrogen (secondary N) is 1. The SMILES string of the molecule is O=C(CCc1ccc(F)cc1)N1CC[C@H](c2cc(COc3cccc(F)c3)[nH]n2)C1. The van der Waals surface area contributed by atoms with Gasteiger partial charge in [0.2, 0.25) is 5.91 Å². The van der Waals surface area contributed by atoms with E-state index in [0.717, 1.165) is 23.4 Å². The summed E-state index contributed by atoms with van der Waals surface area (Å²) in [4.78, 5) is 14.4. The molecule has 0 unspecified atom stereocenters. The van der Waals surface area contributed by atoms with E-state index in [1.54, 1.807) is 24.3 Å². The van der Waals surface area contributed by atoms with Crippen LogP contribution in [0.1, 0.15) is 35.7 Å². The Bertz CT molecular complexity index is 1000. The van der Waals surface area contributed by atoms with E-state index in [-0.39, 0.29) is 30.1 Å². The van der Waals surface area contributed by atoms with Gasteiger partial charge in [-0.15, -0.1) is 0 Å². The van der Waals surface area contributed by atoms with Crippen LogP contribution in [0.4, 0.5) is 8.78 Å². The smallest absolute Gasteiger partial charge is 0.222 e. The van der Waals surface area contributed by atoms with Gasteiger partial charge < -0.3 is 9.64 Å². The first-order valence-electron chi connectivity index (χ1n) is 10.0. The summed E-state index contributed by atoms with van der Waals surface area (Å²) in [6, 6.07) is 14.2. The van der Waals surface area contributed by atoms with Gasteiger partial charge in [-0.05, 0) is 48.7 Å². The van der Waals surface area contributed by atoms with Gasteiger partial charge in [-0.1, -0.05) is 18.2 Å². The number of ether oxygens (including phenoxy) is 1. The minimum Gasteiger partial charge on any atom is -0.487 e. The first-order chi connectivity index (χ1) is 14.6. The first kappa shape index (κ1) is 20.1. The van der Waals surface area contributed by atoms with Crippen LogP contribution in [0.15, 0.2) is 54.6 Å². The van der Waals surface area contributed by atoms with Crippen molar-refractivity contribution in [1.82, 2.24) is 15.1 Å². The van der Waals surface area contributed by atoms with Gasteiger partial charge in [-0.3, -0.25) is 9.89 Å². The predicted molar refractivity (Wildman–Crippen MR) is 108 cm³/mol. The van der Waals surface area contributed by atoms with Gasteiger partial charge in [0.1, 0.15) is 24.0 Å². The van der Waals surface area contributed by atoms with Gasteiger partial charge in [0, 0.05) is 31.5 Å². The monoisotopic (exact) mass is 411 g/mol. The quantitative estimate of drug-likeness (QED) is 0.634. The van der Waals surface area contributed by atoms with Crippen LogP contribution in [-0.4, -0.2) is 34.1 Å². The largest absolute Gasteiger partial charge is 0.487 e. The highest BCUT2D eigenvalue weighted by molar-refractivity contribution is 5.76. The first-order valence-corrected chi connectivity index (χ1v) is 10.0. The zero-order valence-corrected chi connectivity index (χ0v) is 16.5. The lowest BCUT2D eigenvalue weighted by Crippen LogP contribution is -2.28. The van der Waals surface area contributed by atoms with Crippen LogP contribution >= 0.6 is 0 Å². The maximum atomic E-state index is 13.2. The van der Waals surface area contributed by atoms with Crippen molar-refractivity contribution in [3.05, 3.63) is 83.2 Å². The molecule has 2 aromatic carbocycles. The Morgan fingerprint density at radius 3 is 2.77 bits per heavy atom. The van der Waals surface area contributed by atoms with Crippen molar-refractivity contribution in [1.29, 1.82) is 0 Å². The van der Waals surface area contributed by atoms with Crippen LogP contribution in [0.3, 0.4) is 0 Å². The van der Waals surface area contributed by atoms with E-state index in [2.05, 4.69) is 10.2 Å². The average molecular weight is 411 g/mol. The molecule has 1 aliphatic heterocycles. The fourth-order valence-corrected chi connectivity index (χ4v) is 3.67. The molecule has 4 rings (SSSR count). The second-order valence-electron chi connectivity index (χ2n) is 7.52. The fraction of sp³-hybridized carbons (Fsp3) is 0.304. The molecule has 0 saturated carbocycles. The lowest BCUT2D eigenvalue weighted by atomic mass is 10.1. The van der Waals surface area contributed by atoms with E-state index >= 15 is 0 Å². The van der Waals surface area contributed by atoms with Crippen molar-refractivity contribution in [2.75, 3.05) is 13.1 Å². The molecule has 5 nitrogen and oxygen atoms in total. The summed E-state index contributed by atoms with van der Waals surface area (Å²) in [6.07, 6.45) is 1.87. The number of likely N-dealkylation sites (tertiary alicyclic amines) is 1. The summed E-state index contributed by atoms with van der Waals surface area (Å²) >= 11 is 0. The normalized spacial score (nSPS) is 16.1. The molecule has 1 aliphatic rings. The Kier molecular flexibility index (Phi) is 6.07. The molecule has 1 amide bonds. The number of carbonyl (C=O) groups excluding carboxylic acids is 1. The number of carbonyl (C=O) groups is 1. The van der Waals surface area contributed by atoms with E-state index in [4.69, 9.17) is 4.74 Å². The van der Waals surface area contributed by atoms with Gasteiger partial charge in [0.05, 0.1) is 11.4 Å². The van der Waals surface area contributed by atoms with Crippen molar-refractivity contribution in [2.24, 2.45) is 0 Å². The van der Waals surface area contributed by atoms with Crippen molar-refractivity contribution in [3.63, 3.8) is 0 Å². The lowest BCUT2D eigenvalue weighted by molar-refractivity contribution is -0.130. The second kappa shape index (κ2) is 9.07. The molecule has 1 atom stereocenters. The summed E-state index contributed by atoms with van der Waals surface area (Å²) in [7, 11) is 0. The summed E-state index contributed by atoms with van der Waals surface area (Å²) in [6.45, 7) is 1.61. The van der Waals surface area contributed by atoms with Crippen LogP contribution in [0.25, 0.3) is 0 Å². The van der Waals surface area contributed by atoms with Crippen LogP contribution in [-0.2, 0) is 17.8 Å². The molecule has 156 valence electrons. The number of hydrogen-bond donors (Lipinski definition) is 1. The van der Waals surface area contributed by atoms with Gasteiger partial charge >= 0.3 is 0 Å². The molecular formula is C23H23F2N3O2. The molecule has 7 heteroatoms. The maximum Gasteiger partial charge on any atom is 0.222 e. The van der Waals surface area contributed by atoms with E-state index in [1.165, 1.54) is 24.3 Å². The Labute approximate surface area is 173 Å². The number of hydrogen-bond acceptors (Lipinski definition) is 3. The van der Waals surface area contributed by atoms with Gasteiger partial charge in [0.25, 0.3) is 0 Å². The van der Waals surface area contributed by atoms with E-state index in [1.807, 2.05) is 11.0 Å². The Morgan fingerprint density at radius 2 is 1.97 bits per heavy atom.